The van der Waals surface area contributed by atoms with Gasteiger partial charge in [-0.2, -0.15) is 0 Å². The molecule has 1 saturated carbocycles. The summed E-state index contributed by atoms with van der Waals surface area (Å²) in [5, 5.41) is 12.9. The minimum atomic E-state index is -0.247. The molecule has 108 valence electrons. The highest BCUT2D eigenvalue weighted by Crippen LogP contribution is 2.22. The monoisotopic (exact) mass is 257 g/mol. The molecule has 18 heavy (non-hydrogen) atoms. The van der Waals surface area contributed by atoms with Crippen LogP contribution in [0.2, 0.25) is 0 Å². The lowest BCUT2D eigenvalue weighted by Crippen LogP contribution is -2.50. The minimum Gasteiger partial charge on any atom is -0.394 e. The molecule has 0 bridgehead atoms. The SMILES string of the molecule is CCCCCCCCOCC(C)(CO)NC1CC1. The normalized spacial score (nSPS) is 18.8. The molecule has 0 radical (unpaired) electrons. The first-order valence-corrected chi connectivity index (χ1v) is 7.66. The first-order chi connectivity index (χ1) is 8.70. The molecule has 0 aromatic heterocycles. The maximum absolute atomic E-state index is 9.42. The van der Waals surface area contributed by atoms with Crippen LogP contribution in [0.4, 0.5) is 0 Å². The van der Waals surface area contributed by atoms with Gasteiger partial charge in [-0.05, 0) is 26.2 Å². The first kappa shape index (κ1) is 15.9. The van der Waals surface area contributed by atoms with Crippen LogP contribution in [0.3, 0.4) is 0 Å². The van der Waals surface area contributed by atoms with Crippen LogP contribution in [0.25, 0.3) is 0 Å². The summed E-state index contributed by atoms with van der Waals surface area (Å²) in [6.07, 6.45) is 10.2. The van der Waals surface area contributed by atoms with Gasteiger partial charge in [0, 0.05) is 12.6 Å². The minimum absolute atomic E-state index is 0.153. The van der Waals surface area contributed by atoms with Crippen LogP contribution < -0.4 is 5.32 Å². The van der Waals surface area contributed by atoms with E-state index < -0.39 is 0 Å². The fraction of sp³-hybridized carbons (Fsp3) is 1.00. The second-order valence-electron chi connectivity index (χ2n) is 5.96. The molecule has 0 amide bonds. The average Bonchev–Trinajstić information content (AvgIpc) is 3.16. The lowest BCUT2D eigenvalue weighted by Gasteiger charge is -2.28. The smallest absolute Gasteiger partial charge is 0.0668 e. The molecule has 1 fully saturated rings. The Morgan fingerprint density at radius 2 is 1.83 bits per heavy atom. The van der Waals surface area contributed by atoms with E-state index in [1.54, 1.807) is 0 Å². The highest BCUT2D eigenvalue weighted by Gasteiger charge is 2.32. The second kappa shape index (κ2) is 8.89. The van der Waals surface area contributed by atoms with E-state index in [9.17, 15) is 5.11 Å². The van der Waals surface area contributed by atoms with Crippen LogP contribution in [0, 0.1) is 0 Å². The predicted molar refractivity (Wildman–Crippen MR) is 75.8 cm³/mol. The van der Waals surface area contributed by atoms with E-state index in [-0.39, 0.29) is 12.1 Å². The van der Waals surface area contributed by atoms with E-state index in [1.165, 1.54) is 44.9 Å². The first-order valence-electron chi connectivity index (χ1n) is 7.66. The number of hydrogen-bond donors (Lipinski definition) is 2. The molecule has 0 aromatic carbocycles. The number of aliphatic hydroxyl groups is 1. The van der Waals surface area contributed by atoms with E-state index in [0.29, 0.717) is 12.6 Å². The van der Waals surface area contributed by atoms with Crippen molar-refractivity contribution in [2.45, 2.75) is 76.8 Å². The summed E-state index contributed by atoms with van der Waals surface area (Å²) < 4.78 is 5.70. The van der Waals surface area contributed by atoms with Crippen molar-refractivity contribution in [1.82, 2.24) is 5.32 Å². The van der Waals surface area contributed by atoms with E-state index in [4.69, 9.17) is 4.74 Å². The number of nitrogens with one attached hydrogen (secondary N) is 1. The molecule has 2 N–H and O–H groups in total. The average molecular weight is 257 g/mol. The van der Waals surface area contributed by atoms with Crippen molar-refractivity contribution in [1.29, 1.82) is 0 Å². The zero-order valence-electron chi connectivity index (χ0n) is 12.2. The van der Waals surface area contributed by atoms with Crippen molar-refractivity contribution in [2.75, 3.05) is 19.8 Å². The Morgan fingerprint density at radius 3 is 2.44 bits per heavy atom. The van der Waals surface area contributed by atoms with E-state index >= 15 is 0 Å². The van der Waals surface area contributed by atoms with Crippen molar-refractivity contribution in [3.63, 3.8) is 0 Å². The third-order valence-electron chi connectivity index (χ3n) is 3.54. The summed E-state index contributed by atoms with van der Waals surface area (Å²) in [5.74, 6) is 0. The fourth-order valence-corrected chi connectivity index (χ4v) is 2.14. The fourth-order valence-electron chi connectivity index (χ4n) is 2.14. The summed E-state index contributed by atoms with van der Waals surface area (Å²) in [6.45, 7) is 5.89. The van der Waals surface area contributed by atoms with Gasteiger partial charge in [-0.15, -0.1) is 0 Å². The van der Waals surface area contributed by atoms with Crippen LogP contribution in [0.15, 0.2) is 0 Å². The summed E-state index contributed by atoms with van der Waals surface area (Å²) in [6, 6.07) is 0.611. The highest BCUT2D eigenvalue weighted by molar-refractivity contribution is 4.92. The van der Waals surface area contributed by atoms with Gasteiger partial charge >= 0.3 is 0 Å². The Balaban J connectivity index is 1.94. The maximum atomic E-state index is 9.42. The summed E-state index contributed by atoms with van der Waals surface area (Å²) >= 11 is 0. The summed E-state index contributed by atoms with van der Waals surface area (Å²) in [7, 11) is 0. The second-order valence-corrected chi connectivity index (χ2v) is 5.96. The molecule has 0 saturated heterocycles. The molecule has 1 aliphatic carbocycles. The lowest BCUT2D eigenvalue weighted by atomic mass is 10.1. The number of hydrogen-bond acceptors (Lipinski definition) is 3. The zero-order valence-corrected chi connectivity index (χ0v) is 12.2. The van der Waals surface area contributed by atoms with Crippen LogP contribution in [0.1, 0.15) is 65.2 Å². The molecule has 0 heterocycles. The molecule has 0 spiro atoms. The standard InChI is InChI=1S/C15H31NO2/c1-3-4-5-6-7-8-11-18-13-15(2,12-17)16-14-9-10-14/h14,16-17H,3-13H2,1-2H3. The van der Waals surface area contributed by atoms with E-state index in [1.807, 2.05) is 6.92 Å². The topological polar surface area (TPSA) is 41.5 Å². The van der Waals surface area contributed by atoms with Crippen LogP contribution >= 0.6 is 0 Å². The molecule has 3 nitrogen and oxygen atoms in total. The Labute approximate surface area is 112 Å². The quantitative estimate of drug-likeness (QED) is 0.528. The molecular weight excluding hydrogens is 226 g/mol. The molecule has 1 rings (SSSR count). The highest BCUT2D eigenvalue weighted by atomic mass is 16.5. The van der Waals surface area contributed by atoms with Gasteiger partial charge in [0.25, 0.3) is 0 Å². The lowest BCUT2D eigenvalue weighted by molar-refractivity contribution is 0.0417. The third kappa shape index (κ3) is 7.34. The molecule has 3 heteroatoms. The predicted octanol–water partition coefficient (Wildman–Crippen LogP) is 2.87. The molecule has 1 aliphatic rings. The van der Waals surface area contributed by atoms with Gasteiger partial charge in [0.1, 0.15) is 0 Å². The third-order valence-corrected chi connectivity index (χ3v) is 3.54. The van der Waals surface area contributed by atoms with Gasteiger partial charge in [0.05, 0.1) is 18.8 Å². The van der Waals surface area contributed by atoms with Gasteiger partial charge in [0.15, 0.2) is 0 Å². The van der Waals surface area contributed by atoms with Crippen LogP contribution in [-0.2, 0) is 4.74 Å². The van der Waals surface area contributed by atoms with Gasteiger partial charge < -0.3 is 15.2 Å². The van der Waals surface area contributed by atoms with Gasteiger partial charge in [0.2, 0.25) is 0 Å². The molecule has 0 aromatic rings. The largest absolute Gasteiger partial charge is 0.394 e. The summed E-state index contributed by atoms with van der Waals surface area (Å²) in [5.41, 5.74) is -0.247. The van der Waals surface area contributed by atoms with Crippen LogP contribution in [-0.4, -0.2) is 36.5 Å². The number of ether oxygens (including phenoxy) is 1. The van der Waals surface area contributed by atoms with Crippen molar-refractivity contribution < 1.29 is 9.84 Å². The van der Waals surface area contributed by atoms with Crippen molar-refractivity contribution in [3.05, 3.63) is 0 Å². The van der Waals surface area contributed by atoms with E-state index in [2.05, 4.69) is 12.2 Å². The maximum Gasteiger partial charge on any atom is 0.0668 e. The van der Waals surface area contributed by atoms with E-state index in [0.717, 1.165) is 13.0 Å². The Kier molecular flexibility index (Phi) is 7.87. The van der Waals surface area contributed by atoms with Crippen molar-refractivity contribution in [2.24, 2.45) is 0 Å². The Bertz CT molecular complexity index is 207. The van der Waals surface area contributed by atoms with Crippen molar-refractivity contribution in [3.8, 4) is 0 Å². The number of unbranched alkanes of at least 4 members (excludes halogenated alkanes) is 5. The van der Waals surface area contributed by atoms with Gasteiger partial charge in [-0.1, -0.05) is 39.0 Å². The van der Waals surface area contributed by atoms with Crippen LogP contribution in [0.5, 0.6) is 0 Å². The number of rotatable bonds is 12. The number of aliphatic hydroxyl groups excluding tert-OH is 1. The van der Waals surface area contributed by atoms with Gasteiger partial charge in [-0.3, -0.25) is 0 Å². The summed E-state index contributed by atoms with van der Waals surface area (Å²) in [4.78, 5) is 0. The molecular formula is C15H31NO2. The Morgan fingerprint density at radius 1 is 1.17 bits per heavy atom. The van der Waals surface area contributed by atoms with Gasteiger partial charge in [-0.25, -0.2) is 0 Å². The molecule has 1 atom stereocenters. The Hall–Kier alpha value is -0.120. The van der Waals surface area contributed by atoms with Crippen molar-refractivity contribution >= 4 is 0 Å². The molecule has 1 unspecified atom stereocenters. The molecule has 0 aliphatic heterocycles. The zero-order chi connectivity index (χ0) is 13.3.